The van der Waals surface area contributed by atoms with Gasteiger partial charge in [-0.1, -0.05) is 19.8 Å². The maximum Gasteiger partial charge on any atom is 0.312 e. The quantitative estimate of drug-likeness (QED) is 0.634. The Balaban J connectivity index is 2.24. The van der Waals surface area contributed by atoms with Gasteiger partial charge in [-0.2, -0.15) is 0 Å². The van der Waals surface area contributed by atoms with E-state index in [0.29, 0.717) is 0 Å². The zero-order valence-electron chi connectivity index (χ0n) is 9.13. The molecule has 0 N–H and O–H groups in total. The van der Waals surface area contributed by atoms with Gasteiger partial charge < -0.3 is 9.47 Å². The molecule has 1 unspecified atom stereocenters. The van der Waals surface area contributed by atoms with Crippen LogP contribution in [0.1, 0.15) is 32.6 Å². The van der Waals surface area contributed by atoms with E-state index in [1.54, 1.807) is 7.11 Å². The first kappa shape index (κ1) is 9.97. The number of carbonyl (C=O) groups excluding carboxylic acids is 1. The lowest BCUT2D eigenvalue weighted by molar-refractivity contribution is -0.144. The van der Waals surface area contributed by atoms with Crippen molar-refractivity contribution in [3.05, 3.63) is 0 Å². The third-order valence-electron chi connectivity index (χ3n) is 4.28. The molecule has 0 radical (unpaired) electrons. The summed E-state index contributed by atoms with van der Waals surface area (Å²) in [5.74, 6) is -0.135. The van der Waals surface area contributed by atoms with Crippen molar-refractivity contribution < 1.29 is 14.3 Å². The van der Waals surface area contributed by atoms with Crippen molar-refractivity contribution in [3.63, 3.8) is 0 Å². The van der Waals surface area contributed by atoms with Gasteiger partial charge in [-0.05, 0) is 12.8 Å². The van der Waals surface area contributed by atoms with Gasteiger partial charge in [0.15, 0.2) is 0 Å². The van der Waals surface area contributed by atoms with E-state index in [4.69, 9.17) is 9.47 Å². The Labute approximate surface area is 84.8 Å². The predicted octanol–water partition coefficient (Wildman–Crippen LogP) is 1.75. The van der Waals surface area contributed by atoms with E-state index < -0.39 is 0 Å². The van der Waals surface area contributed by atoms with Crippen LogP contribution in [0.25, 0.3) is 0 Å². The van der Waals surface area contributed by atoms with Gasteiger partial charge in [0.1, 0.15) is 0 Å². The molecule has 0 amide bonds. The molecule has 14 heavy (non-hydrogen) atoms. The molecule has 0 heterocycles. The Kier molecular flexibility index (Phi) is 2.11. The summed E-state index contributed by atoms with van der Waals surface area (Å²) in [6.07, 6.45) is 4.45. The first-order valence-corrected chi connectivity index (χ1v) is 5.25. The number of ether oxygens (including phenoxy) is 2. The molecule has 2 rings (SSSR count). The third kappa shape index (κ3) is 0.937. The van der Waals surface area contributed by atoms with E-state index in [2.05, 4.69) is 6.92 Å². The normalized spacial score (nSPS) is 45.5. The van der Waals surface area contributed by atoms with E-state index >= 15 is 0 Å². The van der Waals surface area contributed by atoms with Gasteiger partial charge in [0.25, 0.3) is 0 Å². The largest absolute Gasteiger partial charge is 0.469 e. The van der Waals surface area contributed by atoms with E-state index in [-0.39, 0.29) is 22.9 Å². The van der Waals surface area contributed by atoms with Gasteiger partial charge in [-0.3, -0.25) is 4.79 Å². The van der Waals surface area contributed by atoms with Crippen molar-refractivity contribution in [1.82, 2.24) is 0 Å². The number of rotatable bonds is 2. The van der Waals surface area contributed by atoms with E-state index in [0.717, 1.165) is 19.3 Å². The molecule has 2 aliphatic carbocycles. The van der Waals surface area contributed by atoms with Crippen LogP contribution < -0.4 is 0 Å². The lowest BCUT2D eigenvalue weighted by Crippen LogP contribution is -2.25. The number of carbonyl (C=O) groups is 1. The zero-order valence-corrected chi connectivity index (χ0v) is 9.13. The molecule has 0 bridgehead atoms. The Morgan fingerprint density at radius 3 is 2.43 bits per heavy atom. The summed E-state index contributed by atoms with van der Waals surface area (Å²) >= 11 is 0. The average molecular weight is 198 g/mol. The van der Waals surface area contributed by atoms with Gasteiger partial charge in [-0.25, -0.2) is 0 Å². The van der Waals surface area contributed by atoms with Crippen LogP contribution in [0.2, 0.25) is 0 Å². The van der Waals surface area contributed by atoms with Crippen LogP contribution in [0.5, 0.6) is 0 Å². The topological polar surface area (TPSA) is 35.5 Å². The second kappa shape index (κ2) is 2.96. The number of methoxy groups -OCH3 is 2. The van der Waals surface area contributed by atoms with Crippen LogP contribution in [0.4, 0.5) is 0 Å². The van der Waals surface area contributed by atoms with Crippen molar-refractivity contribution in [2.75, 3.05) is 14.2 Å². The van der Waals surface area contributed by atoms with Gasteiger partial charge in [-0.15, -0.1) is 0 Å². The molecule has 0 aromatic heterocycles. The second-order valence-corrected chi connectivity index (χ2v) is 4.67. The molecule has 3 heteroatoms. The summed E-state index contributed by atoms with van der Waals surface area (Å²) in [6.45, 7) is 2.15. The molecule has 0 aromatic carbocycles. The van der Waals surface area contributed by atoms with Crippen LogP contribution in [0.15, 0.2) is 0 Å². The number of fused-ring (bicyclic) bond motifs is 1. The summed E-state index contributed by atoms with van der Waals surface area (Å²) in [5, 5.41) is 0. The Hall–Kier alpha value is -0.570. The monoisotopic (exact) mass is 198 g/mol. The van der Waals surface area contributed by atoms with Gasteiger partial charge in [0, 0.05) is 12.5 Å². The molecular formula is C11H18O3. The highest BCUT2D eigenvalue weighted by Crippen LogP contribution is 2.71. The fourth-order valence-electron chi connectivity index (χ4n) is 3.41. The minimum atomic E-state index is -0.210. The fraction of sp³-hybridized carbons (Fsp3) is 0.909. The standard InChI is InChI=1S/C11H18O3/c1-10-6-4-5-7-11(10,14-3)8(10)9(12)13-2/h8H,4-7H2,1-3H3/t8?,10-,11-/m1/s1. The molecule has 0 aliphatic heterocycles. The lowest BCUT2D eigenvalue weighted by Gasteiger charge is -2.25. The molecule has 3 atom stereocenters. The molecule has 3 nitrogen and oxygen atoms in total. The van der Waals surface area contributed by atoms with Gasteiger partial charge in [0.2, 0.25) is 0 Å². The third-order valence-corrected chi connectivity index (χ3v) is 4.28. The average Bonchev–Trinajstić information content (AvgIpc) is 2.78. The van der Waals surface area contributed by atoms with Gasteiger partial charge in [0.05, 0.1) is 18.6 Å². The summed E-state index contributed by atoms with van der Waals surface area (Å²) in [4.78, 5) is 11.6. The zero-order chi connectivity index (χ0) is 10.4. The van der Waals surface area contributed by atoms with Crippen LogP contribution in [-0.2, 0) is 14.3 Å². The van der Waals surface area contributed by atoms with Crippen LogP contribution in [0.3, 0.4) is 0 Å². The highest BCUT2D eigenvalue weighted by atomic mass is 16.5. The molecule has 2 saturated carbocycles. The van der Waals surface area contributed by atoms with Crippen molar-refractivity contribution in [3.8, 4) is 0 Å². The Morgan fingerprint density at radius 2 is 1.93 bits per heavy atom. The SMILES string of the molecule is COC(=O)C1[C@@]2(C)CCCC[C@@]12OC. The maximum atomic E-state index is 11.6. The minimum Gasteiger partial charge on any atom is -0.469 e. The maximum absolute atomic E-state index is 11.6. The van der Waals surface area contributed by atoms with Crippen molar-refractivity contribution in [2.24, 2.45) is 11.3 Å². The summed E-state index contributed by atoms with van der Waals surface area (Å²) < 4.78 is 10.4. The smallest absolute Gasteiger partial charge is 0.312 e. The minimum absolute atomic E-state index is 0.0347. The van der Waals surface area contributed by atoms with E-state index in [1.807, 2.05) is 0 Å². The summed E-state index contributed by atoms with van der Waals surface area (Å²) in [6, 6.07) is 0. The highest BCUT2D eigenvalue weighted by molar-refractivity contribution is 5.80. The molecule has 2 fully saturated rings. The van der Waals surface area contributed by atoms with Crippen LogP contribution in [0, 0.1) is 11.3 Å². The number of esters is 1. The Morgan fingerprint density at radius 1 is 1.29 bits per heavy atom. The van der Waals surface area contributed by atoms with Crippen molar-refractivity contribution in [1.29, 1.82) is 0 Å². The van der Waals surface area contributed by atoms with Crippen LogP contribution >= 0.6 is 0 Å². The first-order valence-electron chi connectivity index (χ1n) is 5.25. The summed E-state index contributed by atoms with van der Waals surface area (Å²) in [7, 11) is 3.17. The fourth-order valence-corrected chi connectivity index (χ4v) is 3.41. The van der Waals surface area contributed by atoms with Crippen molar-refractivity contribution in [2.45, 2.75) is 38.2 Å². The van der Waals surface area contributed by atoms with E-state index in [9.17, 15) is 4.79 Å². The highest BCUT2D eigenvalue weighted by Gasteiger charge is 2.78. The van der Waals surface area contributed by atoms with Gasteiger partial charge >= 0.3 is 5.97 Å². The van der Waals surface area contributed by atoms with Crippen molar-refractivity contribution >= 4 is 5.97 Å². The lowest BCUT2D eigenvalue weighted by atomic mass is 9.87. The molecule has 80 valence electrons. The predicted molar refractivity (Wildman–Crippen MR) is 51.8 cm³/mol. The molecular weight excluding hydrogens is 180 g/mol. The summed E-state index contributed by atoms with van der Waals surface area (Å²) in [5.41, 5.74) is -0.175. The van der Waals surface area contributed by atoms with E-state index in [1.165, 1.54) is 13.5 Å². The molecule has 2 aliphatic rings. The molecule has 0 spiro atoms. The first-order chi connectivity index (χ1) is 6.62. The number of hydrogen-bond donors (Lipinski definition) is 0. The second-order valence-electron chi connectivity index (χ2n) is 4.67. The molecule has 0 saturated heterocycles. The Bertz CT molecular complexity index is 263. The van der Waals surface area contributed by atoms with Crippen LogP contribution in [-0.4, -0.2) is 25.8 Å². The number of hydrogen-bond acceptors (Lipinski definition) is 3. The molecule has 0 aromatic rings.